The van der Waals surface area contributed by atoms with Crippen molar-refractivity contribution in [3.05, 3.63) is 70.8 Å². The zero-order valence-electron chi connectivity index (χ0n) is 28.4. The van der Waals surface area contributed by atoms with Crippen LogP contribution in [0.5, 0.6) is 0 Å². The van der Waals surface area contributed by atoms with E-state index in [1.807, 2.05) is 0 Å². The smallest absolute Gasteiger partial charge is 0.0963 e. The highest BCUT2D eigenvalue weighted by atomic mass is 16.5. The molecule has 5 aliphatic rings. The van der Waals surface area contributed by atoms with Gasteiger partial charge in [0, 0.05) is 50.8 Å². The van der Waals surface area contributed by atoms with Crippen LogP contribution in [-0.4, -0.2) is 65.5 Å². The third-order valence-electron chi connectivity index (χ3n) is 11.3. The molecule has 3 fully saturated rings. The normalized spacial score (nSPS) is 25.4. The number of hydrogen-bond acceptors (Lipinski definition) is 4. The Morgan fingerprint density at radius 3 is 1.91 bits per heavy atom. The lowest BCUT2D eigenvalue weighted by molar-refractivity contribution is -0.0825. The Morgan fingerprint density at radius 2 is 1.23 bits per heavy atom. The highest BCUT2D eigenvalue weighted by Gasteiger charge is 2.42. The van der Waals surface area contributed by atoms with Crippen LogP contribution in [-0.2, 0) is 29.9 Å². The monoisotopic (exact) mass is 587 g/mol. The van der Waals surface area contributed by atoms with Crippen molar-refractivity contribution in [2.24, 2.45) is 11.8 Å². The molecule has 0 radical (unpaired) electrons. The standard InChI is InChI=1S/C15H21NO.C12H23N.C12H17N/c1-12(2)16-9-7-15(8-10-16)14-6-4-3-5-13(14)11-17-15;2*1-10(2)13-8-7-11-5-3-4-6-12(11)9-13/h3-6,12H,7-11H2,1-2H3;10-12H,3-9H2,1-2H3;3-6,10H,7-9H2,1-2H3. The van der Waals surface area contributed by atoms with Gasteiger partial charge in [-0.05, 0) is 114 Å². The van der Waals surface area contributed by atoms with E-state index in [0.717, 1.165) is 57.0 Å². The fourth-order valence-electron chi connectivity index (χ4n) is 8.26. The summed E-state index contributed by atoms with van der Waals surface area (Å²) >= 11 is 0. The number of piperidine rings is 2. The second-order valence-corrected chi connectivity index (χ2v) is 14.8. The molecule has 0 bridgehead atoms. The van der Waals surface area contributed by atoms with Crippen LogP contribution in [0.15, 0.2) is 48.5 Å². The van der Waals surface area contributed by atoms with E-state index in [4.69, 9.17) is 4.74 Å². The maximum Gasteiger partial charge on any atom is 0.0963 e. The van der Waals surface area contributed by atoms with Crippen molar-refractivity contribution in [3.63, 3.8) is 0 Å². The lowest BCUT2D eigenvalue weighted by atomic mass is 9.75. The molecule has 2 saturated heterocycles. The molecule has 0 aromatic heterocycles. The van der Waals surface area contributed by atoms with E-state index in [0.29, 0.717) is 12.1 Å². The van der Waals surface area contributed by atoms with Gasteiger partial charge in [-0.2, -0.15) is 0 Å². The maximum atomic E-state index is 6.15. The molecule has 2 aromatic carbocycles. The van der Waals surface area contributed by atoms with E-state index in [1.54, 1.807) is 5.56 Å². The molecule has 4 nitrogen and oxygen atoms in total. The molecule has 7 rings (SSSR count). The van der Waals surface area contributed by atoms with E-state index in [9.17, 15) is 0 Å². The highest BCUT2D eigenvalue weighted by Crippen LogP contribution is 2.44. The summed E-state index contributed by atoms with van der Waals surface area (Å²) in [6, 6.07) is 19.6. The quantitative estimate of drug-likeness (QED) is 0.360. The second-order valence-electron chi connectivity index (χ2n) is 14.8. The molecule has 1 spiro atoms. The number of benzene rings is 2. The van der Waals surface area contributed by atoms with E-state index in [2.05, 4.69) is 105 Å². The number of rotatable bonds is 3. The van der Waals surface area contributed by atoms with Crippen molar-refractivity contribution in [1.82, 2.24) is 14.7 Å². The van der Waals surface area contributed by atoms with Gasteiger partial charge in [0.1, 0.15) is 0 Å². The molecule has 43 heavy (non-hydrogen) atoms. The van der Waals surface area contributed by atoms with Crippen LogP contribution in [0.25, 0.3) is 0 Å². The van der Waals surface area contributed by atoms with Gasteiger partial charge in [-0.3, -0.25) is 4.90 Å². The molecule has 0 N–H and O–H groups in total. The minimum atomic E-state index is 0.0297. The minimum absolute atomic E-state index is 0.0297. The van der Waals surface area contributed by atoms with Crippen LogP contribution in [0, 0.1) is 11.8 Å². The van der Waals surface area contributed by atoms with E-state index in [1.165, 1.54) is 74.8 Å². The Balaban J connectivity index is 0.000000130. The van der Waals surface area contributed by atoms with Crippen molar-refractivity contribution >= 4 is 0 Å². The van der Waals surface area contributed by atoms with Gasteiger partial charge >= 0.3 is 0 Å². The molecule has 2 unspecified atom stereocenters. The Kier molecular flexibility index (Phi) is 11.4. The molecule has 1 saturated carbocycles. The average Bonchev–Trinajstić information content (AvgIpc) is 3.39. The highest BCUT2D eigenvalue weighted by molar-refractivity contribution is 5.36. The molecule has 2 aromatic rings. The molecule has 4 heteroatoms. The summed E-state index contributed by atoms with van der Waals surface area (Å²) in [7, 11) is 0. The first-order valence-electron chi connectivity index (χ1n) is 17.8. The third kappa shape index (κ3) is 8.12. The Morgan fingerprint density at radius 1 is 0.628 bits per heavy atom. The van der Waals surface area contributed by atoms with Gasteiger partial charge in [-0.1, -0.05) is 67.8 Å². The predicted molar refractivity (Wildman–Crippen MR) is 181 cm³/mol. The van der Waals surface area contributed by atoms with Crippen LogP contribution in [0.4, 0.5) is 0 Å². The molecule has 1 aliphatic carbocycles. The first-order valence-corrected chi connectivity index (χ1v) is 17.8. The first-order chi connectivity index (χ1) is 20.8. The Bertz CT molecular complexity index is 1130. The largest absolute Gasteiger partial charge is 0.365 e. The second kappa shape index (κ2) is 15.0. The molecular formula is C39H61N3O. The predicted octanol–water partition coefficient (Wildman–Crippen LogP) is 8.28. The summed E-state index contributed by atoms with van der Waals surface area (Å²) in [5, 5.41) is 0. The fraction of sp³-hybridized carbons (Fsp3) is 0.692. The summed E-state index contributed by atoms with van der Waals surface area (Å²) < 4.78 is 6.15. The molecule has 4 heterocycles. The van der Waals surface area contributed by atoms with Gasteiger partial charge in [-0.25, -0.2) is 0 Å². The number of nitrogens with zero attached hydrogens (tertiary/aromatic N) is 3. The van der Waals surface area contributed by atoms with Crippen LogP contribution in [0.3, 0.4) is 0 Å². The Hall–Kier alpha value is -1.72. The van der Waals surface area contributed by atoms with Crippen molar-refractivity contribution in [2.45, 2.75) is 130 Å². The zero-order valence-corrected chi connectivity index (χ0v) is 28.4. The van der Waals surface area contributed by atoms with Gasteiger partial charge in [0.25, 0.3) is 0 Å². The molecule has 2 atom stereocenters. The summed E-state index contributed by atoms with van der Waals surface area (Å²) in [6.45, 7) is 22.0. The van der Waals surface area contributed by atoms with Crippen molar-refractivity contribution in [2.75, 3.05) is 32.7 Å². The van der Waals surface area contributed by atoms with Crippen molar-refractivity contribution in [1.29, 1.82) is 0 Å². The number of fused-ring (bicyclic) bond motifs is 4. The number of ether oxygens (including phenoxy) is 1. The van der Waals surface area contributed by atoms with Crippen molar-refractivity contribution < 1.29 is 4.74 Å². The number of likely N-dealkylation sites (tertiary alicyclic amines) is 2. The van der Waals surface area contributed by atoms with Gasteiger partial charge < -0.3 is 14.5 Å². The SMILES string of the molecule is CC(C)N1CCC2(CC1)OCc1ccccc12.CC(C)N1CCC2CCCCC2C1.CC(C)N1CCc2ccccc2C1. The van der Waals surface area contributed by atoms with Crippen molar-refractivity contribution in [3.8, 4) is 0 Å². The van der Waals surface area contributed by atoms with Gasteiger partial charge in [0.15, 0.2) is 0 Å². The fourth-order valence-corrected chi connectivity index (χ4v) is 8.26. The summed E-state index contributed by atoms with van der Waals surface area (Å²) in [5.41, 5.74) is 5.93. The summed E-state index contributed by atoms with van der Waals surface area (Å²) in [4.78, 5) is 7.75. The van der Waals surface area contributed by atoms with E-state index in [-0.39, 0.29) is 5.60 Å². The first kappa shape index (κ1) is 32.7. The molecule has 4 aliphatic heterocycles. The lowest BCUT2D eigenvalue weighted by Crippen LogP contribution is -2.45. The number of hydrogen-bond donors (Lipinski definition) is 0. The molecular weight excluding hydrogens is 526 g/mol. The van der Waals surface area contributed by atoms with Crippen LogP contribution < -0.4 is 0 Å². The summed E-state index contributed by atoms with van der Waals surface area (Å²) in [6.07, 6.45) is 11.0. The zero-order chi connectivity index (χ0) is 30.4. The van der Waals surface area contributed by atoms with E-state index < -0.39 is 0 Å². The van der Waals surface area contributed by atoms with Crippen LogP contribution in [0.2, 0.25) is 0 Å². The maximum absolute atomic E-state index is 6.15. The molecule has 0 amide bonds. The Labute approximate surface area is 264 Å². The van der Waals surface area contributed by atoms with E-state index >= 15 is 0 Å². The average molecular weight is 588 g/mol. The minimum Gasteiger partial charge on any atom is -0.365 e. The topological polar surface area (TPSA) is 19.0 Å². The summed E-state index contributed by atoms with van der Waals surface area (Å²) in [5.74, 6) is 2.13. The van der Waals surface area contributed by atoms with Gasteiger partial charge in [-0.15, -0.1) is 0 Å². The van der Waals surface area contributed by atoms with Gasteiger partial charge in [0.2, 0.25) is 0 Å². The molecule has 238 valence electrons. The third-order valence-corrected chi connectivity index (χ3v) is 11.3. The van der Waals surface area contributed by atoms with Crippen LogP contribution >= 0.6 is 0 Å². The lowest BCUT2D eigenvalue weighted by Gasteiger charge is -2.42. The van der Waals surface area contributed by atoms with Gasteiger partial charge in [0.05, 0.1) is 12.2 Å². The van der Waals surface area contributed by atoms with Crippen LogP contribution in [0.1, 0.15) is 109 Å².